The highest BCUT2D eigenvalue weighted by Crippen LogP contribution is 2.31. The molecule has 1 saturated heterocycles. The monoisotopic (exact) mass is 376 g/mol. The fraction of sp³-hybridized carbons (Fsp3) is 0.421. The minimum atomic E-state index is -3.70. The standard InChI is InChI=1S/C19H24N2O4S/c1-3-19(22)21-12-11-14(13-21)20-26(23,24)18-10-9-17(25-4-2)15-7-5-6-8-16(15)18/h5-10,14,20H,3-4,11-13H2,1-2H3. The Labute approximate surface area is 154 Å². The van der Waals surface area contributed by atoms with Crippen molar-refractivity contribution in [3.05, 3.63) is 36.4 Å². The van der Waals surface area contributed by atoms with Crippen molar-refractivity contribution in [2.45, 2.75) is 37.6 Å². The first-order valence-corrected chi connectivity index (χ1v) is 10.4. The molecular formula is C19H24N2O4S. The SMILES string of the molecule is CCOc1ccc(S(=O)(=O)NC2CCN(C(=O)CC)C2)c2ccccc12. The lowest BCUT2D eigenvalue weighted by molar-refractivity contribution is -0.129. The van der Waals surface area contributed by atoms with Crippen LogP contribution in [0.5, 0.6) is 5.75 Å². The van der Waals surface area contributed by atoms with Gasteiger partial charge in [0.05, 0.1) is 11.5 Å². The number of hydrogen-bond acceptors (Lipinski definition) is 4. The summed E-state index contributed by atoms with van der Waals surface area (Å²) in [6, 6.07) is 10.3. The van der Waals surface area contributed by atoms with Crippen LogP contribution < -0.4 is 9.46 Å². The van der Waals surface area contributed by atoms with E-state index in [9.17, 15) is 13.2 Å². The van der Waals surface area contributed by atoms with Crippen molar-refractivity contribution >= 4 is 26.7 Å². The number of carbonyl (C=O) groups excluding carboxylic acids is 1. The van der Waals surface area contributed by atoms with E-state index in [1.807, 2.05) is 32.0 Å². The van der Waals surface area contributed by atoms with Crippen LogP contribution in [0.2, 0.25) is 0 Å². The summed E-state index contributed by atoms with van der Waals surface area (Å²) in [6.07, 6.45) is 1.06. The van der Waals surface area contributed by atoms with E-state index in [1.165, 1.54) is 0 Å². The van der Waals surface area contributed by atoms with Gasteiger partial charge < -0.3 is 9.64 Å². The third-order valence-corrected chi connectivity index (χ3v) is 6.18. The van der Waals surface area contributed by atoms with E-state index in [0.717, 1.165) is 5.39 Å². The minimum Gasteiger partial charge on any atom is -0.493 e. The Kier molecular flexibility index (Phi) is 5.48. The number of nitrogens with one attached hydrogen (secondary N) is 1. The zero-order valence-electron chi connectivity index (χ0n) is 15.1. The summed E-state index contributed by atoms with van der Waals surface area (Å²) in [5.74, 6) is 0.723. The molecule has 0 aliphatic carbocycles. The maximum Gasteiger partial charge on any atom is 0.241 e. The predicted molar refractivity (Wildman–Crippen MR) is 101 cm³/mol. The lowest BCUT2D eigenvalue weighted by Crippen LogP contribution is -2.38. The van der Waals surface area contributed by atoms with Crippen molar-refractivity contribution in [2.75, 3.05) is 19.7 Å². The van der Waals surface area contributed by atoms with Crippen LogP contribution in [0.3, 0.4) is 0 Å². The van der Waals surface area contributed by atoms with E-state index in [4.69, 9.17) is 4.74 Å². The van der Waals surface area contributed by atoms with Gasteiger partial charge in [0.25, 0.3) is 0 Å². The Morgan fingerprint density at radius 2 is 1.92 bits per heavy atom. The molecule has 140 valence electrons. The van der Waals surface area contributed by atoms with E-state index < -0.39 is 10.0 Å². The third kappa shape index (κ3) is 3.68. The van der Waals surface area contributed by atoms with Crippen LogP contribution in [0.15, 0.2) is 41.3 Å². The van der Waals surface area contributed by atoms with Crippen LogP contribution in [0.25, 0.3) is 10.8 Å². The molecule has 2 aromatic carbocycles. The van der Waals surface area contributed by atoms with E-state index in [-0.39, 0.29) is 16.8 Å². The fourth-order valence-electron chi connectivity index (χ4n) is 3.35. The normalized spacial score (nSPS) is 17.6. The quantitative estimate of drug-likeness (QED) is 0.841. The molecule has 0 radical (unpaired) electrons. The molecule has 1 amide bonds. The van der Waals surface area contributed by atoms with Crippen LogP contribution in [0.1, 0.15) is 26.7 Å². The Hall–Kier alpha value is -2.12. The van der Waals surface area contributed by atoms with Gasteiger partial charge in [0, 0.05) is 36.3 Å². The van der Waals surface area contributed by atoms with Gasteiger partial charge in [-0.15, -0.1) is 0 Å². The first kappa shape index (κ1) is 18.7. The maximum atomic E-state index is 13.0. The average Bonchev–Trinajstić information content (AvgIpc) is 3.09. The second-order valence-electron chi connectivity index (χ2n) is 6.34. The lowest BCUT2D eigenvalue weighted by atomic mass is 10.1. The van der Waals surface area contributed by atoms with Gasteiger partial charge >= 0.3 is 0 Å². The molecule has 1 aliphatic rings. The number of rotatable bonds is 6. The van der Waals surface area contributed by atoms with Crippen LogP contribution in [0, 0.1) is 0 Å². The molecule has 1 fully saturated rings. The first-order chi connectivity index (χ1) is 12.5. The van der Waals surface area contributed by atoms with Gasteiger partial charge in [0.1, 0.15) is 5.75 Å². The average molecular weight is 376 g/mol. The third-order valence-electron chi connectivity index (χ3n) is 4.60. The topological polar surface area (TPSA) is 75.7 Å². The van der Waals surface area contributed by atoms with Crippen LogP contribution in [-0.4, -0.2) is 45.0 Å². The highest BCUT2D eigenvalue weighted by molar-refractivity contribution is 7.89. The summed E-state index contributed by atoms with van der Waals surface area (Å²) in [5, 5.41) is 1.40. The molecule has 1 heterocycles. The number of ether oxygens (including phenoxy) is 1. The molecule has 1 atom stereocenters. The van der Waals surface area contributed by atoms with E-state index in [2.05, 4.69) is 4.72 Å². The molecule has 1 aliphatic heterocycles. The fourth-order valence-corrected chi connectivity index (χ4v) is 4.82. The smallest absolute Gasteiger partial charge is 0.241 e. The maximum absolute atomic E-state index is 13.0. The van der Waals surface area contributed by atoms with Gasteiger partial charge in [-0.2, -0.15) is 0 Å². The van der Waals surface area contributed by atoms with Crippen molar-refractivity contribution in [2.24, 2.45) is 0 Å². The van der Waals surface area contributed by atoms with Crippen LogP contribution in [-0.2, 0) is 14.8 Å². The summed E-state index contributed by atoms with van der Waals surface area (Å²) < 4.78 is 34.3. The second-order valence-corrected chi connectivity index (χ2v) is 8.02. The van der Waals surface area contributed by atoms with Crippen molar-refractivity contribution in [3.8, 4) is 5.75 Å². The number of fused-ring (bicyclic) bond motifs is 1. The molecule has 0 bridgehead atoms. The largest absolute Gasteiger partial charge is 0.493 e. The summed E-state index contributed by atoms with van der Waals surface area (Å²) in [5.41, 5.74) is 0. The van der Waals surface area contributed by atoms with Gasteiger partial charge in [0.2, 0.25) is 15.9 Å². The lowest BCUT2D eigenvalue weighted by Gasteiger charge is -2.17. The Balaban J connectivity index is 1.89. The number of benzene rings is 2. The summed E-state index contributed by atoms with van der Waals surface area (Å²) in [6.45, 7) is 5.22. The van der Waals surface area contributed by atoms with E-state index in [0.29, 0.717) is 43.7 Å². The molecule has 6 nitrogen and oxygen atoms in total. The van der Waals surface area contributed by atoms with Gasteiger partial charge in [-0.1, -0.05) is 31.2 Å². The highest BCUT2D eigenvalue weighted by atomic mass is 32.2. The number of sulfonamides is 1. The van der Waals surface area contributed by atoms with E-state index >= 15 is 0 Å². The molecule has 0 spiro atoms. The van der Waals surface area contributed by atoms with Gasteiger partial charge in [-0.05, 0) is 25.5 Å². The number of amides is 1. The molecule has 1 unspecified atom stereocenters. The molecule has 2 aromatic rings. The molecule has 0 saturated carbocycles. The van der Waals surface area contributed by atoms with Crippen LogP contribution in [0.4, 0.5) is 0 Å². The second kappa shape index (κ2) is 7.63. The Morgan fingerprint density at radius 1 is 1.19 bits per heavy atom. The summed E-state index contributed by atoms with van der Waals surface area (Å²) in [7, 11) is -3.70. The number of nitrogens with zero attached hydrogens (tertiary/aromatic N) is 1. The highest BCUT2D eigenvalue weighted by Gasteiger charge is 2.30. The Bertz CT molecular complexity index is 911. The van der Waals surface area contributed by atoms with Crippen LogP contribution >= 0.6 is 0 Å². The number of hydrogen-bond donors (Lipinski definition) is 1. The van der Waals surface area contributed by atoms with Crippen molar-refractivity contribution in [1.29, 1.82) is 0 Å². The molecule has 26 heavy (non-hydrogen) atoms. The predicted octanol–water partition coefficient (Wildman–Crippen LogP) is 2.53. The molecular weight excluding hydrogens is 352 g/mol. The van der Waals surface area contributed by atoms with Gasteiger partial charge in [-0.3, -0.25) is 4.79 Å². The molecule has 7 heteroatoms. The van der Waals surface area contributed by atoms with Crippen molar-refractivity contribution in [3.63, 3.8) is 0 Å². The zero-order valence-corrected chi connectivity index (χ0v) is 15.9. The van der Waals surface area contributed by atoms with Gasteiger partial charge in [-0.25, -0.2) is 13.1 Å². The summed E-state index contributed by atoms with van der Waals surface area (Å²) >= 11 is 0. The number of carbonyl (C=O) groups is 1. The molecule has 3 rings (SSSR count). The first-order valence-electron chi connectivity index (χ1n) is 8.91. The van der Waals surface area contributed by atoms with E-state index in [1.54, 1.807) is 23.1 Å². The van der Waals surface area contributed by atoms with Crippen molar-refractivity contribution < 1.29 is 17.9 Å². The number of likely N-dealkylation sites (tertiary alicyclic amines) is 1. The molecule has 1 N–H and O–H groups in total. The Morgan fingerprint density at radius 3 is 2.62 bits per heavy atom. The molecule has 0 aromatic heterocycles. The zero-order chi connectivity index (χ0) is 18.7. The minimum absolute atomic E-state index is 0.0539. The van der Waals surface area contributed by atoms with Gasteiger partial charge in [0.15, 0.2) is 0 Å². The van der Waals surface area contributed by atoms with Crippen molar-refractivity contribution in [1.82, 2.24) is 9.62 Å². The summed E-state index contributed by atoms with van der Waals surface area (Å²) in [4.78, 5) is 13.7.